The van der Waals surface area contributed by atoms with Crippen LogP contribution in [-0.2, 0) is 6.42 Å². The van der Waals surface area contributed by atoms with Crippen LogP contribution in [0.25, 0.3) is 22.4 Å². The third-order valence-electron chi connectivity index (χ3n) is 3.64. The molecule has 86 valence electrons. The van der Waals surface area contributed by atoms with E-state index in [-0.39, 0.29) is 0 Å². The van der Waals surface area contributed by atoms with Gasteiger partial charge in [0.15, 0.2) is 0 Å². The molecule has 1 aliphatic carbocycles. The number of benzene rings is 2. The first-order valence-electron chi connectivity index (χ1n) is 6.12. The molecule has 3 aromatic rings. The van der Waals surface area contributed by atoms with Gasteiger partial charge in [0.05, 0.1) is 18.2 Å². The van der Waals surface area contributed by atoms with E-state index < -0.39 is 0 Å². The molecule has 0 fully saturated rings. The monoisotopic (exact) mass is 232 g/mol. The number of aromatic nitrogens is 2. The summed E-state index contributed by atoms with van der Waals surface area (Å²) in [6.07, 6.45) is 4.64. The second-order valence-electron chi connectivity index (χ2n) is 4.63. The highest BCUT2D eigenvalue weighted by atomic mass is 14.9. The molecule has 4 rings (SSSR count). The normalized spacial score (nSPS) is 12.2. The van der Waals surface area contributed by atoms with Gasteiger partial charge in [0.2, 0.25) is 0 Å². The Labute approximate surface area is 105 Å². The van der Waals surface area contributed by atoms with Crippen LogP contribution in [0.15, 0.2) is 55.0 Å². The molecule has 1 aliphatic rings. The Morgan fingerprint density at radius 3 is 2.61 bits per heavy atom. The minimum Gasteiger partial charge on any atom is -0.345 e. The van der Waals surface area contributed by atoms with Gasteiger partial charge in [-0.2, -0.15) is 0 Å². The lowest BCUT2D eigenvalue weighted by Gasteiger charge is -2.06. The zero-order valence-corrected chi connectivity index (χ0v) is 9.85. The maximum atomic E-state index is 4.12. The summed E-state index contributed by atoms with van der Waals surface area (Å²) in [6, 6.07) is 15.1. The van der Waals surface area contributed by atoms with Crippen molar-refractivity contribution >= 4 is 0 Å². The number of nitrogens with zero attached hydrogens (tertiary/aromatic N) is 1. The molecule has 18 heavy (non-hydrogen) atoms. The van der Waals surface area contributed by atoms with Crippen molar-refractivity contribution in [2.75, 3.05) is 0 Å². The molecule has 0 atom stereocenters. The lowest BCUT2D eigenvalue weighted by molar-refractivity contribution is 1.25. The Balaban J connectivity index is 1.97. The van der Waals surface area contributed by atoms with Crippen molar-refractivity contribution in [2.45, 2.75) is 6.42 Å². The number of nitrogens with one attached hydrogen (secondary N) is 1. The number of hydrogen-bond acceptors (Lipinski definition) is 1. The lowest BCUT2D eigenvalue weighted by Crippen LogP contribution is -1.87. The van der Waals surface area contributed by atoms with Crippen LogP contribution in [0.1, 0.15) is 11.1 Å². The minimum absolute atomic E-state index is 1.01. The fraction of sp³-hybridized carbons (Fsp3) is 0.0625. The van der Waals surface area contributed by atoms with Gasteiger partial charge in [-0.25, -0.2) is 4.98 Å². The molecule has 0 aliphatic heterocycles. The predicted octanol–water partition coefficient (Wildman–Crippen LogP) is 3.65. The Bertz CT molecular complexity index is 712. The average molecular weight is 232 g/mol. The maximum Gasteiger partial charge on any atom is 0.0924 e. The van der Waals surface area contributed by atoms with Crippen molar-refractivity contribution in [1.82, 2.24) is 9.97 Å². The van der Waals surface area contributed by atoms with Crippen LogP contribution >= 0.6 is 0 Å². The summed E-state index contributed by atoms with van der Waals surface area (Å²) in [4.78, 5) is 7.32. The van der Waals surface area contributed by atoms with Crippen molar-refractivity contribution < 1.29 is 0 Å². The zero-order valence-electron chi connectivity index (χ0n) is 9.85. The topological polar surface area (TPSA) is 28.7 Å². The van der Waals surface area contributed by atoms with E-state index in [1.165, 1.54) is 27.8 Å². The minimum atomic E-state index is 1.01. The Kier molecular flexibility index (Phi) is 1.92. The average Bonchev–Trinajstić information content (AvgIpc) is 3.05. The smallest absolute Gasteiger partial charge is 0.0924 e. The summed E-state index contributed by atoms with van der Waals surface area (Å²) < 4.78 is 0. The van der Waals surface area contributed by atoms with Gasteiger partial charge in [-0.15, -0.1) is 0 Å². The van der Waals surface area contributed by atoms with E-state index >= 15 is 0 Å². The Hall–Kier alpha value is -2.35. The van der Waals surface area contributed by atoms with Crippen LogP contribution in [-0.4, -0.2) is 9.97 Å². The standard InChI is InChI=1S/C16H12N2/c1-2-5-12-11(4-1)8-15-13(12)6-3-7-14(15)16-9-17-10-18-16/h1-7,9-10H,8H2,(H,17,18). The number of rotatable bonds is 1. The first-order chi connectivity index (χ1) is 8.93. The van der Waals surface area contributed by atoms with Crippen molar-refractivity contribution in [1.29, 1.82) is 0 Å². The molecular formula is C16H12N2. The molecule has 0 amide bonds. The zero-order chi connectivity index (χ0) is 11.9. The summed E-state index contributed by atoms with van der Waals surface area (Å²) in [6.45, 7) is 0. The number of imidazole rings is 1. The van der Waals surface area contributed by atoms with Gasteiger partial charge >= 0.3 is 0 Å². The van der Waals surface area contributed by atoms with Gasteiger partial charge in [-0.1, -0.05) is 42.5 Å². The third-order valence-corrected chi connectivity index (χ3v) is 3.64. The number of hydrogen-bond donors (Lipinski definition) is 1. The van der Waals surface area contributed by atoms with E-state index in [1.54, 1.807) is 6.33 Å². The largest absolute Gasteiger partial charge is 0.345 e. The molecule has 0 radical (unpaired) electrons. The molecule has 1 aromatic heterocycles. The molecule has 1 heterocycles. The third kappa shape index (κ3) is 1.26. The summed E-state index contributed by atoms with van der Waals surface area (Å²) in [7, 11) is 0. The van der Waals surface area contributed by atoms with E-state index in [9.17, 15) is 0 Å². The fourth-order valence-corrected chi connectivity index (χ4v) is 2.81. The van der Waals surface area contributed by atoms with Gasteiger partial charge in [-0.3, -0.25) is 0 Å². The molecule has 1 N–H and O–H groups in total. The number of fused-ring (bicyclic) bond motifs is 3. The lowest BCUT2D eigenvalue weighted by atomic mass is 10.00. The fourth-order valence-electron chi connectivity index (χ4n) is 2.81. The van der Waals surface area contributed by atoms with E-state index in [2.05, 4.69) is 52.4 Å². The predicted molar refractivity (Wildman–Crippen MR) is 72.3 cm³/mol. The maximum absolute atomic E-state index is 4.12. The van der Waals surface area contributed by atoms with Crippen LogP contribution in [0.4, 0.5) is 0 Å². The Morgan fingerprint density at radius 1 is 0.889 bits per heavy atom. The SMILES string of the molecule is c1ccc2c(c1)Cc1c(-c3cnc[nH]3)cccc1-2. The van der Waals surface area contributed by atoms with E-state index in [4.69, 9.17) is 0 Å². The van der Waals surface area contributed by atoms with E-state index in [0.717, 1.165) is 12.1 Å². The number of H-pyrrole nitrogens is 1. The Morgan fingerprint density at radius 2 is 1.72 bits per heavy atom. The van der Waals surface area contributed by atoms with E-state index in [0.29, 0.717) is 0 Å². The van der Waals surface area contributed by atoms with E-state index in [1.807, 2.05) is 6.20 Å². The van der Waals surface area contributed by atoms with Gasteiger partial charge in [0, 0.05) is 5.56 Å². The molecule has 2 aromatic carbocycles. The van der Waals surface area contributed by atoms with Crippen molar-refractivity contribution in [3.63, 3.8) is 0 Å². The summed E-state index contributed by atoms with van der Waals surface area (Å²) in [5.74, 6) is 0. The number of aromatic amines is 1. The van der Waals surface area contributed by atoms with Gasteiger partial charge < -0.3 is 4.98 Å². The van der Waals surface area contributed by atoms with Gasteiger partial charge in [-0.05, 0) is 28.7 Å². The quantitative estimate of drug-likeness (QED) is 0.533. The summed E-state index contributed by atoms with van der Waals surface area (Å²) >= 11 is 0. The second-order valence-corrected chi connectivity index (χ2v) is 4.63. The first-order valence-corrected chi connectivity index (χ1v) is 6.12. The molecular weight excluding hydrogens is 220 g/mol. The highest BCUT2D eigenvalue weighted by Crippen LogP contribution is 2.40. The van der Waals surface area contributed by atoms with Crippen LogP contribution in [0.3, 0.4) is 0 Å². The van der Waals surface area contributed by atoms with Crippen LogP contribution < -0.4 is 0 Å². The molecule has 2 nitrogen and oxygen atoms in total. The van der Waals surface area contributed by atoms with Gasteiger partial charge in [0.1, 0.15) is 0 Å². The van der Waals surface area contributed by atoms with Crippen molar-refractivity contribution in [3.05, 3.63) is 66.1 Å². The molecule has 2 heteroatoms. The highest BCUT2D eigenvalue weighted by molar-refractivity contribution is 5.83. The van der Waals surface area contributed by atoms with Crippen LogP contribution in [0.5, 0.6) is 0 Å². The summed E-state index contributed by atoms with van der Waals surface area (Å²) in [5, 5.41) is 0. The molecule has 0 spiro atoms. The van der Waals surface area contributed by atoms with Crippen molar-refractivity contribution in [2.24, 2.45) is 0 Å². The molecule has 0 unspecified atom stereocenters. The molecule has 0 bridgehead atoms. The second kappa shape index (κ2) is 3.57. The highest BCUT2D eigenvalue weighted by Gasteiger charge is 2.21. The molecule has 0 saturated carbocycles. The summed E-state index contributed by atoms with van der Waals surface area (Å²) in [5.41, 5.74) is 7.91. The van der Waals surface area contributed by atoms with Gasteiger partial charge in [0.25, 0.3) is 0 Å². The molecule has 0 saturated heterocycles. The first kappa shape index (κ1) is 9.66. The van der Waals surface area contributed by atoms with Crippen LogP contribution in [0, 0.1) is 0 Å². The van der Waals surface area contributed by atoms with Crippen LogP contribution in [0.2, 0.25) is 0 Å². The van der Waals surface area contributed by atoms with Crippen molar-refractivity contribution in [3.8, 4) is 22.4 Å².